The Morgan fingerprint density at radius 1 is 1.03 bits per heavy atom. The van der Waals surface area contributed by atoms with E-state index in [4.69, 9.17) is 0 Å². The number of carbonyl (C=O) groups is 1. The van der Waals surface area contributed by atoms with Crippen LogP contribution in [0.5, 0.6) is 0 Å². The zero-order valence-corrected chi connectivity index (χ0v) is 17.5. The van der Waals surface area contributed by atoms with Crippen molar-refractivity contribution in [1.82, 2.24) is 20.2 Å². The Hall–Kier alpha value is -3.19. The van der Waals surface area contributed by atoms with Crippen LogP contribution in [0.3, 0.4) is 0 Å². The number of Topliss-reactive ketones (excluding diaryl/α,β-unsaturated/α-hetero) is 1. The van der Waals surface area contributed by atoms with Crippen LogP contribution in [-0.4, -0.2) is 39.0 Å². The van der Waals surface area contributed by atoms with E-state index in [0.29, 0.717) is 5.56 Å². The van der Waals surface area contributed by atoms with Crippen molar-refractivity contribution in [2.75, 3.05) is 18.0 Å². The number of nitrogens with zero attached hydrogens (tertiary/aromatic N) is 5. The van der Waals surface area contributed by atoms with E-state index in [1.807, 2.05) is 37.4 Å². The number of fused-ring (bicyclic) bond motifs is 1. The van der Waals surface area contributed by atoms with Crippen LogP contribution in [0.15, 0.2) is 48.8 Å². The molecule has 0 aliphatic carbocycles. The van der Waals surface area contributed by atoms with E-state index in [2.05, 4.69) is 31.1 Å². The van der Waals surface area contributed by atoms with Gasteiger partial charge in [-0.3, -0.25) is 9.78 Å². The highest BCUT2D eigenvalue weighted by Gasteiger charge is 2.16. The highest BCUT2D eigenvalue weighted by molar-refractivity contribution is 7.14. The van der Waals surface area contributed by atoms with Crippen LogP contribution in [0, 0.1) is 6.92 Å². The first kappa shape index (κ1) is 18.8. The van der Waals surface area contributed by atoms with E-state index >= 15 is 0 Å². The number of hydrogen-bond donors (Lipinski definition) is 0. The van der Waals surface area contributed by atoms with E-state index in [0.717, 1.165) is 51.0 Å². The Balaban J connectivity index is 1.39. The first-order valence-corrected chi connectivity index (χ1v) is 10.9. The number of aryl methyl sites for hydroxylation is 1. The highest BCUT2D eigenvalue weighted by atomic mass is 32.1. The van der Waals surface area contributed by atoms with Crippen LogP contribution in [0.2, 0.25) is 0 Å². The molecule has 5 rings (SSSR count). The second-order valence-corrected chi connectivity index (χ2v) is 8.74. The molecule has 0 spiro atoms. The molecule has 1 aliphatic rings. The molecule has 30 heavy (non-hydrogen) atoms. The highest BCUT2D eigenvalue weighted by Crippen LogP contribution is 2.27. The normalized spacial score (nSPS) is 13.8. The molecule has 0 atom stereocenters. The molecule has 3 aromatic heterocycles. The van der Waals surface area contributed by atoms with Crippen molar-refractivity contribution in [1.29, 1.82) is 0 Å². The Bertz CT molecular complexity index is 1230. The summed E-state index contributed by atoms with van der Waals surface area (Å²) in [5, 5.41) is 12.3. The average Bonchev–Trinajstić information content (AvgIpc) is 3.45. The Morgan fingerprint density at radius 2 is 1.90 bits per heavy atom. The van der Waals surface area contributed by atoms with Gasteiger partial charge in [-0.1, -0.05) is 23.5 Å². The third kappa shape index (κ3) is 3.80. The molecule has 7 heteroatoms. The van der Waals surface area contributed by atoms with Crippen LogP contribution >= 0.6 is 11.3 Å². The van der Waals surface area contributed by atoms with E-state index in [1.54, 1.807) is 23.6 Å². The summed E-state index contributed by atoms with van der Waals surface area (Å²) in [5.41, 5.74) is 2.48. The summed E-state index contributed by atoms with van der Waals surface area (Å²) in [4.78, 5) is 24.1. The molecule has 0 unspecified atom stereocenters. The summed E-state index contributed by atoms with van der Waals surface area (Å²) in [6.07, 6.45) is 6.18. The van der Waals surface area contributed by atoms with Crippen LogP contribution in [-0.2, 0) is 6.42 Å². The fourth-order valence-corrected chi connectivity index (χ4v) is 4.49. The van der Waals surface area contributed by atoms with Gasteiger partial charge >= 0.3 is 0 Å². The average molecular weight is 416 g/mol. The smallest absolute Gasteiger partial charge is 0.169 e. The van der Waals surface area contributed by atoms with Crippen molar-refractivity contribution in [2.45, 2.75) is 26.2 Å². The maximum absolute atomic E-state index is 12.9. The van der Waals surface area contributed by atoms with Gasteiger partial charge in [0.15, 0.2) is 5.78 Å². The van der Waals surface area contributed by atoms with Gasteiger partial charge in [0.1, 0.15) is 15.8 Å². The minimum Gasteiger partial charge on any atom is -0.357 e. The van der Waals surface area contributed by atoms with Crippen LogP contribution < -0.4 is 4.90 Å². The molecule has 6 nitrogen and oxygen atoms in total. The molecular weight excluding hydrogens is 394 g/mol. The largest absolute Gasteiger partial charge is 0.357 e. The second kappa shape index (κ2) is 7.91. The Morgan fingerprint density at radius 3 is 2.70 bits per heavy atom. The first-order chi connectivity index (χ1) is 14.7. The lowest BCUT2D eigenvalue weighted by molar-refractivity contribution is 0.0992. The lowest BCUT2D eigenvalue weighted by Gasteiger charge is -2.16. The molecule has 150 valence electrons. The fourth-order valence-electron chi connectivity index (χ4n) is 3.81. The number of pyridine rings is 2. The lowest BCUT2D eigenvalue weighted by atomic mass is 10.0. The number of anilines is 1. The van der Waals surface area contributed by atoms with Crippen molar-refractivity contribution in [2.24, 2.45) is 0 Å². The monoisotopic (exact) mass is 415 g/mol. The molecule has 0 amide bonds. The molecule has 1 aromatic carbocycles. The zero-order chi connectivity index (χ0) is 20.5. The van der Waals surface area contributed by atoms with E-state index in [1.165, 1.54) is 12.8 Å². The Kier molecular flexibility index (Phi) is 4.96. The maximum Gasteiger partial charge on any atom is 0.169 e. The molecule has 0 saturated carbocycles. The van der Waals surface area contributed by atoms with E-state index < -0.39 is 0 Å². The van der Waals surface area contributed by atoms with Gasteiger partial charge in [0.2, 0.25) is 0 Å². The summed E-state index contributed by atoms with van der Waals surface area (Å²) in [5.74, 6) is 0.947. The predicted molar refractivity (Wildman–Crippen MR) is 119 cm³/mol. The van der Waals surface area contributed by atoms with Crippen molar-refractivity contribution in [3.63, 3.8) is 0 Å². The van der Waals surface area contributed by atoms with Crippen molar-refractivity contribution >= 4 is 33.7 Å². The van der Waals surface area contributed by atoms with Gasteiger partial charge in [-0.15, -0.1) is 10.2 Å². The van der Waals surface area contributed by atoms with E-state index in [-0.39, 0.29) is 12.2 Å². The first-order valence-electron chi connectivity index (χ1n) is 10.1. The standard InChI is InChI=1S/C23H21N5OS/c1-15-26-27-23(30-15)17-4-5-18-14-25-20(11-19(18)10-17)13-21(29)16-6-7-24-22(12-16)28-8-2-3-9-28/h4-7,10-12,14H,2-3,8-9,13H2,1H3. The number of rotatable bonds is 5. The van der Waals surface area contributed by atoms with Gasteiger partial charge in [-0.2, -0.15) is 0 Å². The summed E-state index contributed by atoms with van der Waals surface area (Å²) >= 11 is 1.57. The van der Waals surface area contributed by atoms with Crippen molar-refractivity contribution in [3.05, 3.63) is 65.1 Å². The van der Waals surface area contributed by atoms with Gasteiger partial charge < -0.3 is 4.90 Å². The van der Waals surface area contributed by atoms with Crippen LogP contribution in [0.4, 0.5) is 5.82 Å². The lowest BCUT2D eigenvalue weighted by Crippen LogP contribution is -2.19. The number of benzene rings is 1. The fraction of sp³-hybridized carbons (Fsp3) is 0.261. The molecule has 1 aliphatic heterocycles. The minimum atomic E-state index is 0.0561. The number of aromatic nitrogens is 4. The SMILES string of the molecule is Cc1nnc(-c2ccc3cnc(CC(=O)c4ccnc(N5CCCC5)c4)cc3c2)s1. The van der Waals surface area contributed by atoms with Gasteiger partial charge in [0, 0.05) is 47.7 Å². The molecule has 1 fully saturated rings. The van der Waals surface area contributed by atoms with Gasteiger partial charge in [-0.05, 0) is 49.4 Å². The molecule has 0 radical (unpaired) electrons. The molecule has 4 heterocycles. The minimum absolute atomic E-state index is 0.0561. The predicted octanol–water partition coefficient (Wildman–Crippen LogP) is 4.48. The van der Waals surface area contributed by atoms with Gasteiger partial charge in [-0.25, -0.2) is 4.98 Å². The summed E-state index contributed by atoms with van der Waals surface area (Å²) in [6, 6.07) is 11.8. The third-order valence-corrected chi connectivity index (χ3v) is 6.28. The third-order valence-electron chi connectivity index (χ3n) is 5.39. The number of carbonyl (C=O) groups excluding carboxylic acids is 1. The van der Waals surface area contributed by atoms with Crippen molar-refractivity contribution < 1.29 is 4.79 Å². The van der Waals surface area contributed by atoms with E-state index in [9.17, 15) is 4.79 Å². The molecular formula is C23H21N5OS. The zero-order valence-electron chi connectivity index (χ0n) is 16.7. The number of hydrogen-bond acceptors (Lipinski definition) is 7. The summed E-state index contributed by atoms with van der Waals surface area (Å²) in [6.45, 7) is 3.96. The van der Waals surface area contributed by atoms with Gasteiger partial charge in [0.05, 0.1) is 6.42 Å². The van der Waals surface area contributed by atoms with Crippen molar-refractivity contribution in [3.8, 4) is 10.6 Å². The molecule has 0 N–H and O–H groups in total. The van der Waals surface area contributed by atoms with Crippen LogP contribution in [0.1, 0.15) is 33.9 Å². The second-order valence-electron chi connectivity index (χ2n) is 7.56. The van der Waals surface area contributed by atoms with Gasteiger partial charge in [0.25, 0.3) is 0 Å². The topological polar surface area (TPSA) is 71.9 Å². The quantitative estimate of drug-likeness (QED) is 0.448. The van der Waals surface area contributed by atoms with Crippen LogP contribution in [0.25, 0.3) is 21.3 Å². The maximum atomic E-state index is 12.9. The Labute approximate surface area is 178 Å². The number of ketones is 1. The summed E-state index contributed by atoms with van der Waals surface area (Å²) in [7, 11) is 0. The molecule has 4 aromatic rings. The summed E-state index contributed by atoms with van der Waals surface area (Å²) < 4.78 is 0. The molecule has 1 saturated heterocycles. The molecule has 0 bridgehead atoms.